The number of carboxylic acid groups (broad SMARTS) is 1. The quantitative estimate of drug-likeness (QED) is 0.165. The summed E-state index contributed by atoms with van der Waals surface area (Å²) in [5.41, 5.74) is 3.50. The maximum atomic E-state index is 14.6. The van der Waals surface area contributed by atoms with Crippen LogP contribution in [0.1, 0.15) is 39.5 Å². The highest BCUT2D eigenvalue weighted by Crippen LogP contribution is 2.26. The molecule has 0 saturated carbocycles. The van der Waals surface area contributed by atoms with Crippen molar-refractivity contribution >= 4 is 11.5 Å². The van der Waals surface area contributed by atoms with Gasteiger partial charge in [-0.05, 0) is 51.5 Å². The lowest BCUT2D eigenvalue weighted by molar-refractivity contribution is -0.137. The van der Waals surface area contributed by atoms with Gasteiger partial charge in [0.2, 0.25) is 5.82 Å². The molecule has 0 saturated heterocycles. The van der Waals surface area contributed by atoms with Crippen molar-refractivity contribution in [2.24, 2.45) is 0 Å². The van der Waals surface area contributed by atoms with E-state index in [2.05, 4.69) is 22.5 Å². The molecule has 172 valence electrons. The number of carboxylic acids is 1. The van der Waals surface area contributed by atoms with Crippen LogP contribution < -0.4 is 4.74 Å². The third kappa shape index (κ3) is 7.49. The van der Waals surface area contributed by atoms with Crippen molar-refractivity contribution in [1.82, 2.24) is 10.1 Å². The van der Waals surface area contributed by atoms with Gasteiger partial charge in [0.25, 0.3) is 5.89 Å². The third-order valence-corrected chi connectivity index (χ3v) is 4.13. The van der Waals surface area contributed by atoms with Crippen molar-refractivity contribution in [3.63, 3.8) is 0 Å². The molecule has 2 aromatic rings. The smallest absolute Gasteiger partial charge is 0.303 e. The third-order valence-electron chi connectivity index (χ3n) is 4.13. The summed E-state index contributed by atoms with van der Waals surface area (Å²) in [5, 5.41) is 21.6. The van der Waals surface area contributed by atoms with Crippen LogP contribution in [-0.4, -0.2) is 33.9 Å². The molecule has 9 heteroatoms. The average Bonchev–Trinajstić information content (AvgIpc) is 3.25. The fraction of sp³-hybridized carbons (Fsp3) is 0.292. The van der Waals surface area contributed by atoms with Gasteiger partial charge in [0, 0.05) is 12.5 Å². The first-order valence-electron chi connectivity index (χ1n) is 10.1. The van der Waals surface area contributed by atoms with Gasteiger partial charge < -0.3 is 19.1 Å². The van der Waals surface area contributed by atoms with Gasteiger partial charge in [-0.1, -0.05) is 11.7 Å². The first-order chi connectivity index (χ1) is 15.7. The Morgan fingerprint density at radius 3 is 2.76 bits per heavy atom. The van der Waals surface area contributed by atoms with Crippen molar-refractivity contribution in [1.29, 1.82) is 5.26 Å². The summed E-state index contributed by atoms with van der Waals surface area (Å²) in [7, 11) is 0. The summed E-state index contributed by atoms with van der Waals surface area (Å²) < 4.78 is 30.8. The maximum Gasteiger partial charge on any atom is 0.303 e. The monoisotopic (exact) mass is 453 g/mol. The molecule has 0 aliphatic rings. The zero-order valence-corrected chi connectivity index (χ0v) is 18.6. The van der Waals surface area contributed by atoms with Gasteiger partial charge in [-0.2, -0.15) is 10.2 Å². The van der Waals surface area contributed by atoms with Gasteiger partial charge in [0.15, 0.2) is 0 Å². The zero-order valence-electron chi connectivity index (χ0n) is 18.6. The number of nitriles is 1. The largest absolute Gasteiger partial charge is 0.493 e. The van der Waals surface area contributed by atoms with Crippen LogP contribution in [0.5, 0.6) is 5.75 Å². The average molecular weight is 453 g/mol. The molecule has 0 atom stereocenters. The van der Waals surface area contributed by atoms with Crippen molar-refractivity contribution in [3.05, 3.63) is 65.7 Å². The van der Waals surface area contributed by atoms with Gasteiger partial charge in [-0.15, -0.1) is 5.73 Å². The zero-order chi connectivity index (χ0) is 24.4. The molecule has 1 aromatic heterocycles. The normalized spacial score (nSPS) is 11.6. The number of hydrogen-bond donors (Lipinski definition) is 1. The molecule has 1 N–H and O–H groups in total. The van der Waals surface area contributed by atoms with Crippen LogP contribution in [0.2, 0.25) is 0 Å². The lowest BCUT2D eigenvalue weighted by Gasteiger charge is -2.11. The number of aromatic nitrogens is 2. The number of rotatable bonds is 11. The molecule has 0 spiro atoms. The van der Waals surface area contributed by atoms with Crippen LogP contribution in [-0.2, 0) is 9.53 Å². The Kier molecular flexibility index (Phi) is 9.16. The number of hydrogen-bond acceptors (Lipinski definition) is 7. The fourth-order valence-electron chi connectivity index (χ4n) is 2.55. The van der Waals surface area contributed by atoms with Crippen molar-refractivity contribution in [3.8, 4) is 23.2 Å². The molecule has 0 radical (unpaired) electrons. The van der Waals surface area contributed by atoms with E-state index in [1.807, 2.05) is 19.9 Å². The molecular formula is C24H24FN3O5. The number of benzene rings is 1. The Labute approximate surface area is 190 Å². The van der Waals surface area contributed by atoms with E-state index in [0.717, 1.165) is 0 Å². The molecule has 0 aliphatic carbocycles. The first-order valence-corrected chi connectivity index (χ1v) is 10.1. The Hall–Kier alpha value is -4.15. The molecule has 33 heavy (non-hydrogen) atoms. The summed E-state index contributed by atoms with van der Waals surface area (Å²) in [6.07, 6.45) is 3.28. The van der Waals surface area contributed by atoms with E-state index in [4.69, 9.17) is 24.4 Å². The molecule has 1 aromatic carbocycles. The summed E-state index contributed by atoms with van der Waals surface area (Å²) in [5.74, 6) is -0.831. The minimum Gasteiger partial charge on any atom is -0.493 e. The minimum atomic E-state index is -0.921. The highest BCUT2D eigenvalue weighted by atomic mass is 19.1. The lowest BCUT2D eigenvalue weighted by Crippen LogP contribution is -2.02. The maximum absolute atomic E-state index is 14.6. The molecular weight excluding hydrogens is 429 g/mol. The molecule has 2 rings (SSSR count). The van der Waals surface area contributed by atoms with Gasteiger partial charge >= 0.3 is 5.97 Å². The van der Waals surface area contributed by atoms with Crippen LogP contribution in [0.15, 0.2) is 58.5 Å². The molecule has 1 heterocycles. The molecule has 0 unspecified atom stereocenters. The summed E-state index contributed by atoms with van der Waals surface area (Å²) in [6.45, 7) is 9.07. The van der Waals surface area contributed by atoms with Crippen LogP contribution in [0.25, 0.3) is 17.0 Å². The summed E-state index contributed by atoms with van der Waals surface area (Å²) >= 11 is 0. The second-order valence-electron chi connectivity index (χ2n) is 7.10. The van der Waals surface area contributed by atoms with E-state index in [1.54, 1.807) is 19.1 Å². The second kappa shape index (κ2) is 12.0. The Bertz CT molecular complexity index is 1150. The van der Waals surface area contributed by atoms with Crippen molar-refractivity contribution in [2.75, 3.05) is 6.61 Å². The number of carbonyl (C=O) groups is 1. The lowest BCUT2D eigenvalue weighted by atomic mass is 10.2. The first kappa shape index (κ1) is 25.1. The van der Waals surface area contributed by atoms with Gasteiger partial charge in [0.05, 0.1) is 35.5 Å². The van der Waals surface area contributed by atoms with Gasteiger partial charge in [-0.25, -0.2) is 4.39 Å². The highest BCUT2D eigenvalue weighted by molar-refractivity contribution is 5.70. The summed E-state index contributed by atoms with van der Waals surface area (Å²) in [4.78, 5) is 14.7. The van der Waals surface area contributed by atoms with E-state index in [1.165, 1.54) is 18.2 Å². The summed E-state index contributed by atoms with van der Waals surface area (Å²) in [6, 6.07) is 6.18. The predicted octanol–water partition coefficient (Wildman–Crippen LogP) is 5.07. The van der Waals surface area contributed by atoms with Crippen LogP contribution in [0.3, 0.4) is 0 Å². The molecule has 8 nitrogen and oxygen atoms in total. The van der Waals surface area contributed by atoms with E-state index in [0.29, 0.717) is 23.3 Å². The Morgan fingerprint density at radius 1 is 1.39 bits per heavy atom. The van der Waals surface area contributed by atoms with Crippen molar-refractivity contribution in [2.45, 2.75) is 39.7 Å². The standard InChI is InChI=1S/C24H24FN3O5/c1-5-17(8-11-21(16(4)14-26)32-15(2)3)24-27-23(28-33-24)19-10-9-18(13-20(19)25)31-12-6-7-22(29)30/h8-11,13,15H,1,6-7,12H2,2-4H3,(H,29,30). The van der Waals surface area contributed by atoms with Crippen molar-refractivity contribution < 1.29 is 28.3 Å². The SMILES string of the molecule is C=C=C(C=CC(OC(C)C)=C(C)C#N)c1nc(-c2ccc(OCCCC(=O)O)cc2F)no1. The number of allylic oxidation sites excluding steroid dienone is 4. The van der Waals surface area contributed by atoms with E-state index >= 15 is 0 Å². The Balaban J connectivity index is 2.18. The number of aliphatic carboxylic acids is 1. The number of halogens is 1. The van der Waals surface area contributed by atoms with E-state index in [-0.39, 0.29) is 42.2 Å². The van der Waals surface area contributed by atoms with Gasteiger partial charge in [-0.3, -0.25) is 4.79 Å². The predicted molar refractivity (Wildman–Crippen MR) is 118 cm³/mol. The molecule has 0 amide bonds. The Morgan fingerprint density at radius 2 is 2.15 bits per heavy atom. The molecule has 0 bridgehead atoms. The number of ether oxygens (including phenoxy) is 2. The minimum absolute atomic E-state index is 0.0171. The van der Waals surface area contributed by atoms with E-state index in [9.17, 15) is 9.18 Å². The number of nitrogens with zero attached hydrogens (tertiary/aromatic N) is 3. The highest BCUT2D eigenvalue weighted by Gasteiger charge is 2.16. The fourth-order valence-corrected chi connectivity index (χ4v) is 2.55. The van der Waals surface area contributed by atoms with Crippen LogP contribution in [0.4, 0.5) is 4.39 Å². The van der Waals surface area contributed by atoms with Crippen LogP contribution in [0, 0.1) is 17.1 Å². The van der Waals surface area contributed by atoms with E-state index < -0.39 is 11.8 Å². The molecule has 0 fully saturated rings. The second-order valence-corrected chi connectivity index (χ2v) is 7.10. The molecule has 0 aliphatic heterocycles. The topological polar surface area (TPSA) is 118 Å². The van der Waals surface area contributed by atoms with Crippen LogP contribution >= 0.6 is 0 Å². The van der Waals surface area contributed by atoms with Gasteiger partial charge in [0.1, 0.15) is 17.3 Å².